The molecule has 0 amide bonds. The van der Waals surface area contributed by atoms with Gasteiger partial charge < -0.3 is 9.47 Å². The number of hydrogen-bond acceptors (Lipinski definition) is 9. The van der Waals surface area contributed by atoms with E-state index in [-0.39, 0.29) is 33.5 Å². The highest BCUT2D eigenvalue weighted by molar-refractivity contribution is 8.12. The molecule has 1 atom stereocenters. The van der Waals surface area contributed by atoms with Gasteiger partial charge in [-0.25, -0.2) is 13.7 Å². The van der Waals surface area contributed by atoms with E-state index < -0.39 is 20.8 Å². The molecule has 2 aromatic heterocycles. The molecule has 0 N–H and O–H groups in total. The molecule has 3 aromatic rings. The van der Waals surface area contributed by atoms with Crippen LogP contribution in [0.1, 0.15) is 15.9 Å². The molecule has 0 saturated heterocycles. The first kappa shape index (κ1) is 23.3. The topological polar surface area (TPSA) is 99.8 Å². The number of nitrogens with zero attached hydrogens (tertiary/aromatic N) is 3. The molecule has 1 aromatic carbocycles. The largest absolute Gasteiger partial charge is 0.494 e. The van der Waals surface area contributed by atoms with E-state index in [9.17, 15) is 13.8 Å². The van der Waals surface area contributed by atoms with Crippen LogP contribution in [0.15, 0.2) is 44.4 Å². The van der Waals surface area contributed by atoms with E-state index in [2.05, 4.69) is 9.46 Å². The molecule has 164 valence electrons. The molecule has 0 aliphatic heterocycles. The number of thioether (sulfide) groups is 1. The molecule has 3 rings (SSSR count). The molecule has 31 heavy (non-hydrogen) atoms. The number of aromatic nitrogens is 2. The Labute approximate surface area is 192 Å². The lowest BCUT2D eigenvalue weighted by Gasteiger charge is -2.12. The van der Waals surface area contributed by atoms with Gasteiger partial charge in [0.15, 0.2) is 0 Å². The van der Waals surface area contributed by atoms with Gasteiger partial charge in [-0.1, -0.05) is 17.7 Å². The predicted molar refractivity (Wildman–Crippen MR) is 123 cm³/mol. The Kier molecular flexibility index (Phi) is 7.10. The lowest BCUT2D eigenvalue weighted by Crippen LogP contribution is -2.10. The van der Waals surface area contributed by atoms with Crippen LogP contribution in [0, 0.1) is 0 Å². The van der Waals surface area contributed by atoms with E-state index in [4.69, 9.17) is 21.1 Å². The molecule has 1 unspecified atom stereocenters. The maximum absolute atomic E-state index is 13.2. The van der Waals surface area contributed by atoms with Crippen LogP contribution in [0.25, 0.3) is 0 Å². The lowest BCUT2D eigenvalue weighted by atomic mass is 10.0. The maximum Gasteiger partial charge on any atom is 0.373 e. The minimum absolute atomic E-state index is 0.00685. The van der Waals surface area contributed by atoms with Crippen molar-refractivity contribution in [3.8, 4) is 11.6 Å². The summed E-state index contributed by atoms with van der Waals surface area (Å²) < 4.78 is 29.9. The van der Waals surface area contributed by atoms with Crippen molar-refractivity contribution >= 4 is 61.2 Å². The van der Waals surface area contributed by atoms with Gasteiger partial charge in [-0.3, -0.25) is 4.79 Å². The third-order valence-corrected chi connectivity index (χ3v) is 8.24. The average molecular weight is 500 g/mol. The average Bonchev–Trinajstić information content (AvgIpc) is 3.40. The summed E-state index contributed by atoms with van der Waals surface area (Å²) in [4.78, 5) is 24.9. The number of hydrogen-bond donors (Lipinski definition) is 0. The number of carbonyl (C=O) groups excluding carboxylic acids is 2. The standard InChI is InChI=1S/C19H18ClN3O5S3/c1-23-18(28-19(25)29-3)12(10-21-23)17(24)11-7-8-13(27-2)16(15(11)20)22-31(4,26)14-6-5-9-30-14/h5-10H,1-4H3. The molecule has 12 heteroatoms. The van der Waals surface area contributed by atoms with E-state index in [0.29, 0.717) is 4.21 Å². The number of halogens is 1. The number of aryl methyl sites for hydroxylation is 1. The third kappa shape index (κ3) is 4.79. The molecular weight excluding hydrogens is 482 g/mol. The summed E-state index contributed by atoms with van der Waals surface area (Å²) in [5.74, 6) is -0.264. The summed E-state index contributed by atoms with van der Waals surface area (Å²) >= 11 is 8.71. The second-order valence-electron chi connectivity index (χ2n) is 6.18. The highest BCUT2D eigenvalue weighted by atomic mass is 35.5. The molecule has 0 radical (unpaired) electrons. The zero-order valence-corrected chi connectivity index (χ0v) is 20.2. The number of methoxy groups -OCH3 is 1. The summed E-state index contributed by atoms with van der Waals surface area (Å²) in [5.41, 5.74) is 0.234. The Bertz CT molecular complexity index is 1260. The molecule has 2 heterocycles. The van der Waals surface area contributed by atoms with Gasteiger partial charge in [-0.05, 0) is 41.6 Å². The normalized spacial score (nSPS) is 12.8. The fraction of sp³-hybridized carbons (Fsp3) is 0.211. The van der Waals surface area contributed by atoms with Crippen LogP contribution in [-0.4, -0.2) is 44.7 Å². The van der Waals surface area contributed by atoms with Crippen LogP contribution >= 0.6 is 34.7 Å². The van der Waals surface area contributed by atoms with Gasteiger partial charge in [0.2, 0.25) is 11.7 Å². The molecule has 0 bridgehead atoms. The van der Waals surface area contributed by atoms with Crippen LogP contribution in [0.5, 0.6) is 11.6 Å². The van der Waals surface area contributed by atoms with Gasteiger partial charge in [-0.15, -0.1) is 11.3 Å². The van der Waals surface area contributed by atoms with Crippen LogP contribution in [0.2, 0.25) is 5.02 Å². The van der Waals surface area contributed by atoms with Crippen molar-refractivity contribution in [3.05, 3.63) is 52.0 Å². The van der Waals surface area contributed by atoms with Crippen LogP contribution in [0.3, 0.4) is 0 Å². The molecule has 8 nitrogen and oxygen atoms in total. The minimum atomic E-state index is -2.83. The lowest BCUT2D eigenvalue weighted by molar-refractivity contribution is 0.103. The van der Waals surface area contributed by atoms with Gasteiger partial charge >= 0.3 is 5.30 Å². The van der Waals surface area contributed by atoms with Crippen molar-refractivity contribution in [2.24, 2.45) is 11.4 Å². The Morgan fingerprint density at radius 1 is 1.29 bits per heavy atom. The molecular formula is C19H18ClN3O5S3. The van der Waals surface area contributed by atoms with E-state index >= 15 is 0 Å². The van der Waals surface area contributed by atoms with Crippen LogP contribution in [-0.2, 0) is 16.8 Å². The predicted octanol–water partition coefficient (Wildman–Crippen LogP) is 5.02. The van der Waals surface area contributed by atoms with Crippen molar-refractivity contribution in [1.82, 2.24) is 9.78 Å². The van der Waals surface area contributed by atoms with Crippen LogP contribution < -0.4 is 9.47 Å². The Hall–Kier alpha value is -2.34. The van der Waals surface area contributed by atoms with E-state index in [1.807, 2.05) is 0 Å². The Morgan fingerprint density at radius 2 is 2.03 bits per heavy atom. The van der Waals surface area contributed by atoms with Crippen molar-refractivity contribution < 1.29 is 23.3 Å². The Morgan fingerprint density at radius 3 is 2.65 bits per heavy atom. The van der Waals surface area contributed by atoms with Crippen molar-refractivity contribution in [3.63, 3.8) is 0 Å². The highest BCUT2D eigenvalue weighted by Crippen LogP contribution is 2.41. The first-order valence-electron chi connectivity index (χ1n) is 8.64. The van der Waals surface area contributed by atoms with Gasteiger partial charge in [0.05, 0.1) is 32.3 Å². The SMILES string of the molecule is COc1ccc(C(=O)c2cnn(C)c2OC(=O)SC)c(Cl)c1N=S(C)(=O)c1cccs1. The monoisotopic (exact) mass is 499 g/mol. The van der Waals surface area contributed by atoms with Gasteiger partial charge in [0.25, 0.3) is 0 Å². The molecule has 0 spiro atoms. The number of rotatable bonds is 6. The molecule has 0 saturated carbocycles. The number of thiophene rings is 1. The zero-order chi connectivity index (χ0) is 22.8. The minimum Gasteiger partial charge on any atom is -0.494 e. The first-order valence-corrected chi connectivity index (χ1v) is 13.0. The first-order chi connectivity index (χ1) is 14.7. The zero-order valence-electron chi connectivity index (χ0n) is 16.9. The summed E-state index contributed by atoms with van der Waals surface area (Å²) in [6.07, 6.45) is 4.34. The van der Waals surface area contributed by atoms with Gasteiger partial charge in [0, 0.05) is 18.9 Å². The van der Waals surface area contributed by atoms with E-state index in [1.165, 1.54) is 47.7 Å². The second-order valence-corrected chi connectivity index (χ2v) is 10.7. The quantitative estimate of drug-likeness (QED) is 0.346. The number of ketones is 1. The smallest absolute Gasteiger partial charge is 0.373 e. The fourth-order valence-electron chi connectivity index (χ4n) is 2.64. The third-order valence-electron chi connectivity index (χ3n) is 4.15. The number of ether oxygens (including phenoxy) is 2. The van der Waals surface area contributed by atoms with Crippen LogP contribution in [0.4, 0.5) is 10.5 Å². The van der Waals surface area contributed by atoms with Gasteiger partial charge in [-0.2, -0.15) is 9.46 Å². The second kappa shape index (κ2) is 9.43. The van der Waals surface area contributed by atoms with Crippen molar-refractivity contribution in [2.75, 3.05) is 19.6 Å². The maximum atomic E-state index is 13.2. The molecule has 0 aliphatic rings. The summed E-state index contributed by atoms with van der Waals surface area (Å²) in [5, 5.41) is 5.19. The summed E-state index contributed by atoms with van der Waals surface area (Å²) in [6, 6.07) is 6.48. The van der Waals surface area contributed by atoms with E-state index in [0.717, 1.165) is 11.8 Å². The number of carbonyl (C=O) groups is 2. The summed E-state index contributed by atoms with van der Waals surface area (Å²) in [7, 11) is 0.145. The fourth-order valence-corrected chi connectivity index (χ4v) is 5.53. The van der Waals surface area contributed by atoms with Crippen molar-refractivity contribution in [2.45, 2.75) is 4.21 Å². The Balaban J connectivity index is 2.13. The van der Waals surface area contributed by atoms with Gasteiger partial charge in [0.1, 0.15) is 17.0 Å². The highest BCUT2D eigenvalue weighted by Gasteiger charge is 2.26. The van der Waals surface area contributed by atoms with E-state index in [1.54, 1.807) is 30.8 Å². The molecule has 0 fully saturated rings. The summed E-state index contributed by atoms with van der Waals surface area (Å²) in [6.45, 7) is 0. The van der Waals surface area contributed by atoms with Crippen molar-refractivity contribution in [1.29, 1.82) is 0 Å². The number of benzene rings is 1. The molecule has 0 aliphatic carbocycles.